The molecule has 0 saturated heterocycles. The van der Waals surface area contributed by atoms with E-state index in [0.717, 1.165) is 5.56 Å². The van der Waals surface area contributed by atoms with Crippen molar-refractivity contribution in [2.75, 3.05) is 0 Å². The van der Waals surface area contributed by atoms with E-state index >= 15 is 0 Å². The zero-order valence-electron chi connectivity index (χ0n) is 43.3. The minimum atomic E-state index is -4.27. The molecule has 0 aliphatic carbocycles. The molecule has 3 nitrogen and oxygen atoms in total. The van der Waals surface area contributed by atoms with E-state index in [2.05, 4.69) is 96.1 Å². The highest BCUT2D eigenvalue weighted by Crippen LogP contribution is 2.42. The molecule has 5 heteroatoms. The van der Waals surface area contributed by atoms with Gasteiger partial charge in [-0.1, -0.05) is 217 Å². The molecule has 0 heterocycles. The van der Waals surface area contributed by atoms with Gasteiger partial charge in [0.15, 0.2) is 14.7 Å². The van der Waals surface area contributed by atoms with E-state index in [-0.39, 0.29) is 15.8 Å². The molecule has 66 heavy (non-hydrogen) atoms. The molecule has 0 spiro atoms. The van der Waals surface area contributed by atoms with Gasteiger partial charge in [-0.2, -0.15) is 0 Å². The van der Waals surface area contributed by atoms with Crippen molar-refractivity contribution in [3.05, 3.63) is 118 Å². The van der Waals surface area contributed by atoms with Gasteiger partial charge in [0.05, 0.1) is 4.90 Å². The smallest absolute Gasteiger partial charge is 0.172 e. The Morgan fingerprint density at radius 3 is 0.985 bits per heavy atom. The first kappa shape index (κ1) is 57.5. The van der Waals surface area contributed by atoms with Gasteiger partial charge in [-0.25, -0.2) is 8.42 Å². The maximum atomic E-state index is 10.4. The monoisotopic (exact) mass is 939 g/mol. The number of unbranched alkanes of at least 4 members (excludes halogenated alkanes) is 18. The van der Waals surface area contributed by atoms with Gasteiger partial charge in [-0.3, -0.25) is 0 Å². The maximum absolute atomic E-state index is 10.4. The molecule has 0 fully saturated rings. The molecule has 0 saturated carbocycles. The van der Waals surface area contributed by atoms with Crippen molar-refractivity contribution in [1.82, 2.24) is 0 Å². The molecule has 0 atom stereocenters. The first-order valence-corrected chi connectivity index (χ1v) is 29.9. The zero-order chi connectivity index (χ0) is 47.8. The van der Waals surface area contributed by atoms with Crippen molar-refractivity contribution in [3.63, 3.8) is 0 Å². The summed E-state index contributed by atoms with van der Waals surface area (Å²) < 4.78 is 31.2. The van der Waals surface area contributed by atoms with Crippen LogP contribution in [0.2, 0.25) is 0 Å². The van der Waals surface area contributed by atoms with Gasteiger partial charge < -0.3 is 4.55 Å². The van der Waals surface area contributed by atoms with Crippen LogP contribution >= 0.6 is 0 Å². The molecule has 0 aliphatic heterocycles. The van der Waals surface area contributed by atoms with E-state index in [0.29, 0.717) is 0 Å². The third-order valence-electron chi connectivity index (χ3n) is 13.1. The van der Waals surface area contributed by atoms with E-state index in [1.54, 1.807) is 60.2 Å². The van der Waals surface area contributed by atoms with Crippen LogP contribution in [-0.4, -0.2) is 13.0 Å². The van der Waals surface area contributed by atoms with Crippen molar-refractivity contribution < 1.29 is 13.0 Å². The van der Waals surface area contributed by atoms with Crippen molar-refractivity contribution in [2.45, 2.75) is 261 Å². The summed E-state index contributed by atoms with van der Waals surface area (Å²) >= 11 is 0. The van der Waals surface area contributed by atoms with Crippen LogP contribution in [-0.2, 0) is 59.5 Å². The Morgan fingerprint density at radius 2 is 0.697 bits per heavy atom. The first-order chi connectivity index (χ1) is 32.1. The molecule has 0 unspecified atom stereocenters. The summed E-state index contributed by atoms with van der Waals surface area (Å²) in [6.45, 7) is 16.0. The quantitative estimate of drug-likeness (QED) is 0.0266. The number of benzene rings is 4. The van der Waals surface area contributed by atoms with Gasteiger partial charge in [-0.15, -0.1) is 0 Å². The van der Waals surface area contributed by atoms with E-state index in [1.807, 2.05) is 6.92 Å². The Labute approximate surface area is 410 Å². The lowest BCUT2D eigenvalue weighted by Crippen LogP contribution is -2.17. The van der Waals surface area contributed by atoms with Crippen LogP contribution in [0.15, 0.2) is 98.4 Å². The Hall–Kier alpha value is -2.86. The summed E-state index contributed by atoms with van der Waals surface area (Å²) in [5, 5.41) is 0. The highest BCUT2D eigenvalue weighted by molar-refractivity contribution is 7.97. The van der Waals surface area contributed by atoms with Gasteiger partial charge >= 0.3 is 0 Å². The fraction of sp³-hybridized carbons (Fsp3) is 0.607. The molecule has 368 valence electrons. The van der Waals surface area contributed by atoms with E-state index in [1.165, 1.54) is 205 Å². The number of aryl methyl sites for hydroxylation is 7. The summed E-state index contributed by atoms with van der Waals surface area (Å²) in [6.07, 6.45) is 39.3. The largest absolute Gasteiger partial charge is 0.744 e. The Kier molecular flexibility index (Phi) is 30.0. The summed E-state index contributed by atoms with van der Waals surface area (Å²) in [7, 11) is -4.39. The molecule has 4 rings (SSSR count). The van der Waals surface area contributed by atoms with Crippen LogP contribution in [0.1, 0.15) is 235 Å². The van der Waals surface area contributed by atoms with E-state index < -0.39 is 10.1 Å². The fourth-order valence-corrected chi connectivity index (χ4v) is 12.6. The maximum Gasteiger partial charge on any atom is 0.172 e. The van der Waals surface area contributed by atoms with Gasteiger partial charge in [-0.05, 0) is 119 Å². The van der Waals surface area contributed by atoms with Crippen LogP contribution < -0.4 is 0 Å². The van der Waals surface area contributed by atoms with E-state index in [9.17, 15) is 13.0 Å². The molecule has 0 radical (unpaired) electrons. The summed E-state index contributed by atoms with van der Waals surface area (Å²) in [5.74, 6) is 0. The lowest BCUT2D eigenvalue weighted by atomic mass is 9.94. The van der Waals surface area contributed by atoms with Gasteiger partial charge in [0.2, 0.25) is 0 Å². The second kappa shape index (κ2) is 34.4. The van der Waals surface area contributed by atoms with Crippen LogP contribution in [0.3, 0.4) is 0 Å². The standard InChI is InChI=1S/C54H87S.C7H8O3S/c1-7-13-19-26-34-46-42-48(36-28-21-15-9-3)53(49(43-46)37-29-22-16-10-4)55(52-40-32-25-33-41-52)54-50(38-30-23-17-11-5)44-47(35-27-20-14-8-2)45-51(54)39-31-24-18-12-6;1-6-2-4-7(5-3-6)11(8,9)10/h25,32-33,40-45H,7-24,26-31,34-39H2,1-6H3;2-5H,1H3,(H,8,9,10)/q+1;/p-1. The molecular formula is C61H94O3S2. The predicted octanol–water partition coefficient (Wildman–Crippen LogP) is 18.4. The summed E-state index contributed by atoms with van der Waals surface area (Å²) in [6, 6.07) is 28.6. The molecule has 4 aromatic rings. The minimum absolute atomic E-state index is 0.124. The average Bonchev–Trinajstić information content (AvgIpc) is 3.31. The number of hydrogen-bond acceptors (Lipinski definition) is 3. The third kappa shape index (κ3) is 21.6. The highest BCUT2D eigenvalue weighted by Gasteiger charge is 2.38. The summed E-state index contributed by atoms with van der Waals surface area (Å²) in [5.41, 5.74) is 10.9. The Morgan fingerprint density at radius 1 is 0.394 bits per heavy atom. The topological polar surface area (TPSA) is 57.2 Å². The molecule has 4 aromatic carbocycles. The molecule has 0 N–H and O–H groups in total. The zero-order valence-corrected chi connectivity index (χ0v) is 44.9. The second-order valence-corrected chi connectivity index (χ2v) is 22.5. The van der Waals surface area contributed by atoms with Crippen LogP contribution in [0.4, 0.5) is 0 Å². The van der Waals surface area contributed by atoms with Crippen molar-refractivity contribution in [2.24, 2.45) is 0 Å². The predicted molar refractivity (Wildman–Crippen MR) is 288 cm³/mol. The van der Waals surface area contributed by atoms with Gasteiger partial charge in [0.1, 0.15) is 21.0 Å². The SMILES string of the molecule is CCCCCCc1cc(CCCCCC)c([S+](c2ccccc2)c2c(CCCCCC)cc(CCCCCC)cc2CCCCCC)c(CCCCCC)c1.Cc1ccc(S(=O)(=O)[O-])cc1. The Bertz CT molecular complexity index is 1810. The number of rotatable bonds is 34. The Balaban J connectivity index is 0.000000915. The lowest BCUT2D eigenvalue weighted by molar-refractivity contribution is 0.463. The molecule has 0 amide bonds. The van der Waals surface area contributed by atoms with Crippen LogP contribution in [0, 0.1) is 6.92 Å². The van der Waals surface area contributed by atoms with Gasteiger partial charge in [0, 0.05) is 22.3 Å². The fourth-order valence-electron chi connectivity index (χ4n) is 9.29. The number of hydrogen-bond donors (Lipinski definition) is 0. The molecule has 0 bridgehead atoms. The normalized spacial score (nSPS) is 11.6. The lowest BCUT2D eigenvalue weighted by Gasteiger charge is -2.22. The van der Waals surface area contributed by atoms with Crippen molar-refractivity contribution >= 4 is 21.0 Å². The second-order valence-electron chi connectivity index (χ2n) is 19.2. The van der Waals surface area contributed by atoms with E-state index in [4.69, 9.17) is 0 Å². The van der Waals surface area contributed by atoms with Crippen molar-refractivity contribution in [1.29, 1.82) is 0 Å². The minimum Gasteiger partial charge on any atom is -0.744 e. The van der Waals surface area contributed by atoms with Crippen LogP contribution in [0.5, 0.6) is 0 Å². The summed E-state index contributed by atoms with van der Waals surface area (Å²) in [4.78, 5) is 4.83. The highest BCUT2D eigenvalue weighted by atomic mass is 32.2. The third-order valence-corrected chi connectivity index (χ3v) is 16.6. The molecular weight excluding hydrogens is 845 g/mol. The average molecular weight is 940 g/mol. The van der Waals surface area contributed by atoms with Crippen molar-refractivity contribution in [3.8, 4) is 0 Å². The van der Waals surface area contributed by atoms with Crippen LogP contribution in [0.25, 0.3) is 0 Å². The molecule has 0 aromatic heterocycles. The first-order valence-electron chi connectivity index (χ1n) is 27.2. The molecule has 0 aliphatic rings. The van der Waals surface area contributed by atoms with Gasteiger partial charge in [0.25, 0.3) is 0 Å².